The number of ether oxygens (including phenoxy) is 2. The number of halogens is 1. The lowest BCUT2D eigenvalue weighted by Gasteiger charge is -2.15. The van der Waals surface area contributed by atoms with Crippen LogP contribution in [0.5, 0.6) is 11.5 Å². The lowest BCUT2D eigenvalue weighted by molar-refractivity contribution is 0.354. The van der Waals surface area contributed by atoms with Gasteiger partial charge in [0.05, 0.1) is 20.5 Å². The SMILES string of the molecule is COc1cc(Br)c(CNC(C)Cc2ccco2)cc1OC. The van der Waals surface area contributed by atoms with Crippen LogP contribution in [0.1, 0.15) is 18.2 Å². The first-order valence-corrected chi connectivity index (χ1v) is 7.59. The molecule has 1 atom stereocenters. The molecule has 5 heteroatoms. The molecular formula is C16H20BrNO3. The summed E-state index contributed by atoms with van der Waals surface area (Å²) in [6.07, 6.45) is 2.56. The molecule has 4 nitrogen and oxygen atoms in total. The Morgan fingerprint density at radius 1 is 1.24 bits per heavy atom. The fraction of sp³-hybridized carbons (Fsp3) is 0.375. The van der Waals surface area contributed by atoms with Crippen LogP contribution in [0.3, 0.4) is 0 Å². The Balaban J connectivity index is 1.99. The molecule has 1 N–H and O–H groups in total. The molecule has 0 saturated carbocycles. The van der Waals surface area contributed by atoms with Crippen molar-refractivity contribution in [3.05, 3.63) is 46.3 Å². The Morgan fingerprint density at radius 2 is 1.95 bits per heavy atom. The molecule has 1 heterocycles. The molecule has 1 aromatic carbocycles. The first kappa shape index (κ1) is 15.9. The molecule has 21 heavy (non-hydrogen) atoms. The molecule has 0 radical (unpaired) electrons. The van der Waals surface area contributed by atoms with Gasteiger partial charge in [0.2, 0.25) is 0 Å². The second kappa shape index (κ2) is 7.52. The number of methoxy groups -OCH3 is 2. The maximum atomic E-state index is 5.36. The number of nitrogens with one attached hydrogen (secondary N) is 1. The van der Waals surface area contributed by atoms with Crippen molar-refractivity contribution < 1.29 is 13.9 Å². The van der Waals surface area contributed by atoms with Crippen molar-refractivity contribution in [3.63, 3.8) is 0 Å². The lowest BCUT2D eigenvalue weighted by atomic mass is 10.1. The van der Waals surface area contributed by atoms with E-state index in [1.807, 2.05) is 24.3 Å². The Morgan fingerprint density at radius 3 is 2.57 bits per heavy atom. The van der Waals surface area contributed by atoms with E-state index in [0.717, 1.165) is 40.3 Å². The van der Waals surface area contributed by atoms with Crippen molar-refractivity contribution in [1.82, 2.24) is 5.32 Å². The molecule has 0 bridgehead atoms. The van der Waals surface area contributed by atoms with E-state index < -0.39 is 0 Å². The average Bonchev–Trinajstić information content (AvgIpc) is 2.98. The molecule has 0 aliphatic heterocycles. The zero-order valence-electron chi connectivity index (χ0n) is 12.5. The van der Waals surface area contributed by atoms with E-state index in [-0.39, 0.29) is 0 Å². The summed E-state index contributed by atoms with van der Waals surface area (Å²) in [5, 5.41) is 3.48. The summed E-state index contributed by atoms with van der Waals surface area (Å²) in [7, 11) is 3.27. The van der Waals surface area contributed by atoms with Gasteiger partial charge in [-0.25, -0.2) is 0 Å². The minimum Gasteiger partial charge on any atom is -0.493 e. The molecule has 0 aliphatic rings. The average molecular weight is 354 g/mol. The number of furan rings is 1. The number of benzene rings is 1. The van der Waals surface area contributed by atoms with Crippen LogP contribution >= 0.6 is 15.9 Å². The van der Waals surface area contributed by atoms with Gasteiger partial charge in [0.25, 0.3) is 0 Å². The Labute approximate surface area is 133 Å². The van der Waals surface area contributed by atoms with Gasteiger partial charge in [-0.1, -0.05) is 15.9 Å². The van der Waals surface area contributed by atoms with Gasteiger partial charge >= 0.3 is 0 Å². The first-order chi connectivity index (χ1) is 10.1. The first-order valence-electron chi connectivity index (χ1n) is 6.80. The van der Waals surface area contributed by atoms with Crippen LogP contribution in [0.2, 0.25) is 0 Å². The molecule has 2 aromatic rings. The van der Waals surface area contributed by atoms with Gasteiger partial charge in [-0.15, -0.1) is 0 Å². The second-order valence-corrected chi connectivity index (χ2v) is 5.72. The fourth-order valence-corrected chi connectivity index (χ4v) is 2.58. The van der Waals surface area contributed by atoms with Crippen LogP contribution < -0.4 is 14.8 Å². The molecular weight excluding hydrogens is 334 g/mol. The summed E-state index contributed by atoms with van der Waals surface area (Å²) < 4.78 is 17.0. The molecule has 0 aliphatic carbocycles. The van der Waals surface area contributed by atoms with E-state index in [2.05, 4.69) is 28.2 Å². The highest BCUT2D eigenvalue weighted by Crippen LogP contribution is 2.33. The van der Waals surface area contributed by atoms with Crippen LogP contribution in [0.25, 0.3) is 0 Å². The maximum Gasteiger partial charge on any atom is 0.161 e. The second-order valence-electron chi connectivity index (χ2n) is 4.86. The van der Waals surface area contributed by atoms with E-state index in [9.17, 15) is 0 Å². The third-order valence-electron chi connectivity index (χ3n) is 3.28. The number of hydrogen-bond acceptors (Lipinski definition) is 4. The maximum absolute atomic E-state index is 5.36. The van der Waals surface area contributed by atoms with E-state index in [1.54, 1.807) is 20.5 Å². The van der Waals surface area contributed by atoms with Gasteiger partial charge in [0.1, 0.15) is 5.76 Å². The van der Waals surface area contributed by atoms with Crippen molar-refractivity contribution in [2.45, 2.75) is 25.9 Å². The van der Waals surface area contributed by atoms with Gasteiger partial charge in [0, 0.05) is 23.5 Å². The molecule has 0 fully saturated rings. The molecule has 114 valence electrons. The van der Waals surface area contributed by atoms with E-state index in [4.69, 9.17) is 13.9 Å². The van der Waals surface area contributed by atoms with Gasteiger partial charge in [-0.05, 0) is 36.8 Å². The van der Waals surface area contributed by atoms with Crippen molar-refractivity contribution >= 4 is 15.9 Å². The summed E-state index contributed by atoms with van der Waals surface area (Å²) in [5.74, 6) is 2.44. The number of rotatable bonds is 7. The van der Waals surface area contributed by atoms with Crippen molar-refractivity contribution in [3.8, 4) is 11.5 Å². The van der Waals surface area contributed by atoms with Gasteiger partial charge in [0.15, 0.2) is 11.5 Å². The summed E-state index contributed by atoms with van der Waals surface area (Å²) in [6.45, 7) is 2.87. The molecule has 2 rings (SSSR count). The van der Waals surface area contributed by atoms with E-state index >= 15 is 0 Å². The van der Waals surface area contributed by atoms with Crippen molar-refractivity contribution in [1.29, 1.82) is 0 Å². The molecule has 0 spiro atoms. The van der Waals surface area contributed by atoms with Crippen molar-refractivity contribution in [2.75, 3.05) is 14.2 Å². The topological polar surface area (TPSA) is 43.6 Å². The fourth-order valence-electron chi connectivity index (χ4n) is 2.12. The highest BCUT2D eigenvalue weighted by Gasteiger charge is 2.11. The minimum absolute atomic E-state index is 0.316. The molecule has 1 aromatic heterocycles. The van der Waals surface area contributed by atoms with Crippen LogP contribution in [0.15, 0.2) is 39.4 Å². The van der Waals surface area contributed by atoms with Crippen LogP contribution in [0.4, 0.5) is 0 Å². The Kier molecular flexibility index (Phi) is 5.70. The smallest absolute Gasteiger partial charge is 0.161 e. The van der Waals surface area contributed by atoms with Gasteiger partial charge in [-0.2, -0.15) is 0 Å². The van der Waals surface area contributed by atoms with E-state index in [1.165, 1.54) is 0 Å². The third kappa shape index (κ3) is 4.25. The zero-order valence-corrected chi connectivity index (χ0v) is 14.1. The quantitative estimate of drug-likeness (QED) is 0.822. The van der Waals surface area contributed by atoms with Crippen LogP contribution in [-0.2, 0) is 13.0 Å². The van der Waals surface area contributed by atoms with Gasteiger partial charge < -0.3 is 19.2 Å². The zero-order chi connectivity index (χ0) is 15.2. The lowest BCUT2D eigenvalue weighted by Crippen LogP contribution is -2.27. The normalized spacial score (nSPS) is 12.2. The Bertz CT molecular complexity index is 569. The molecule has 0 saturated heterocycles. The van der Waals surface area contributed by atoms with Crippen LogP contribution in [-0.4, -0.2) is 20.3 Å². The van der Waals surface area contributed by atoms with Crippen LogP contribution in [0, 0.1) is 0 Å². The van der Waals surface area contributed by atoms with Crippen molar-refractivity contribution in [2.24, 2.45) is 0 Å². The van der Waals surface area contributed by atoms with Gasteiger partial charge in [-0.3, -0.25) is 0 Å². The standard InChI is InChI=1S/C16H20BrNO3/c1-11(7-13-5-4-6-21-13)18-10-12-8-15(19-2)16(20-3)9-14(12)17/h4-6,8-9,11,18H,7,10H2,1-3H3. The summed E-state index contributed by atoms with van der Waals surface area (Å²) in [4.78, 5) is 0. The highest BCUT2D eigenvalue weighted by atomic mass is 79.9. The Hall–Kier alpha value is -1.46. The summed E-state index contributed by atoms with van der Waals surface area (Å²) in [5.41, 5.74) is 1.12. The number of hydrogen-bond donors (Lipinski definition) is 1. The minimum atomic E-state index is 0.316. The summed E-state index contributed by atoms with van der Waals surface area (Å²) in [6, 6.07) is 8.12. The molecule has 1 unspecified atom stereocenters. The third-order valence-corrected chi connectivity index (χ3v) is 4.02. The highest BCUT2D eigenvalue weighted by molar-refractivity contribution is 9.10. The summed E-state index contributed by atoms with van der Waals surface area (Å²) >= 11 is 3.57. The predicted molar refractivity (Wildman–Crippen MR) is 86.0 cm³/mol. The largest absolute Gasteiger partial charge is 0.493 e. The van der Waals surface area contributed by atoms with E-state index in [0.29, 0.717) is 6.04 Å². The monoisotopic (exact) mass is 353 g/mol. The molecule has 0 amide bonds. The predicted octanol–water partition coefficient (Wildman–Crippen LogP) is 3.78.